The Bertz CT molecular complexity index is 807. The number of carbonyl (C=O) groups is 2. The third-order valence-electron chi connectivity index (χ3n) is 6.49. The number of rotatable bonds is 9. The molecular weight excluding hydrogens is 374 g/mol. The zero-order chi connectivity index (χ0) is 21.7. The van der Waals surface area contributed by atoms with Gasteiger partial charge in [-0.15, -0.1) is 0 Å². The standard InChI is InChI=1S/C25H37N3O2/c1-5-6-7-8-9-10-13-28-24(29)22(21-12-11-19(2)20(3)18-21)23(25(28)30)27-16-14-26(4)15-17-27/h11-12,18H,5-10,13-17H2,1-4H3. The van der Waals surface area contributed by atoms with Gasteiger partial charge in [-0.2, -0.15) is 0 Å². The van der Waals surface area contributed by atoms with Gasteiger partial charge in [-0.1, -0.05) is 57.2 Å². The van der Waals surface area contributed by atoms with Gasteiger partial charge in [-0.3, -0.25) is 14.5 Å². The molecule has 0 aliphatic carbocycles. The minimum Gasteiger partial charge on any atom is -0.364 e. The molecule has 3 rings (SSSR count). The molecule has 0 spiro atoms. The van der Waals surface area contributed by atoms with E-state index in [0.717, 1.165) is 50.1 Å². The summed E-state index contributed by atoms with van der Waals surface area (Å²) in [5, 5.41) is 0. The Hall–Kier alpha value is -2.14. The second-order valence-corrected chi connectivity index (χ2v) is 8.84. The summed E-state index contributed by atoms with van der Waals surface area (Å²) in [5.74, 6) is -0.225. The van der Waals surface area contributed by atoms with E-state index >= 15 is 0 Å². The van der Waals surface area contributed by atoms with Crippen LogP contribution in [0.15, 0.2) is 23.9 Å². The number of nitrogens with zero attached hydrogens (tertiary/aromatic N) is 3. The molecule has 164 valence electrons. The molecule has 0 bridgehead atoms. The minimum absolute atomic E-state index is 0.105. The first-order chi connectivity index (χ1) is 14.4. The molecule has 1 aromatic carbocycles. The van der Waals surface area contributed by atoms with Crippen LogP contribution in [0.2, 0.25) is 0 Å². The van der Waals surface area contributed by atoms with Crippen molar-refractivity contribution in [3.8, 4) is 0 Å². The monoisotopic (exact) mass is 411 g/mol. The normalized spacial score (nSPS) is 18.1. The van der Waals surface area contributed by atoms with E-state index in [4.69, 9.17) is 0 Å². The Morgan fingerprint density at radius 3 is 2.17 bits per heavy atom. The molecule has 2 heterocycles. The summed E-state index contributed by atoms with van der Waals surface area (Å²) in [6.07, 6.45) is 6.84. The van der Waals surface area contributed by atoms with Gasteiger partial charge in [0.1, 0.15) is 5.70 Å². The highest BCUT2D eigenvalue weighted by Crippen LogP contribution is 2.33. The zero-order valence-corrected chi connectivity index (χ0v) is 19.2. The lowest BCUT2D eigenvalue weighted by molar-refractivity contribution is -0.137. The first-order valence-corrected chi connectivity index (χ1v) is 11.6. The summed E-state index contributed by atoms with van der Waals surface area (Å²) in [4.78, 5) is 32.7. The van der Waals surface area contributed by atoms with Crippen molar-refractivity contribution in [1.29, 1.82) is 0 Å². The number of benzene rings is 1. The Morgan fingerprint density at radius 1 is 0.833 bits per heavy atom. The van der Waals surface area contributed by atoms with Crippen molar-refractivity contribution in [1.82, 2.24) is 14.7 Å². The van der Waals surface area contributed by atoms with Crippen LogP contribution >= 0.6 is 0 Å². The largest absolute Gasteiger partial charge is 0.364 e. The Labute approximate surface area is 181 Å². The number of likely N-dealkylation sites (N-methyl/N-ethyl adjacent to an activating group) is 1. The quantitative estimate of drug-likeness (QED) is 0.455. The lowest BCUT2D eigenvalue weighted by Crippen LogP contribution is -2.46. The highest BCUT2D eigenvalue weighted by atomic mass is 16.2. The van der Waals surface area contributed by atoms with Crippen LogP contribution in [0, 0.1) is 13.8 Å². The molecule has 5 heteroatoms. The van der Waals surface area contributed by atoms with Crippen molar-refractivity contribution < 1.29 is 9.59 Å². The molecule has 2 aliphatic rings. The fourth-order valence-corrected chi connectivity index (χ4v) is 4.30. The predicted molar refractivity (Wildman–Crippen MR) is 122 cm³/mol. The highest BCUT2D eigenvalue weighted by Gasteiger charge is 2.41. The topological polar surface area (TPSA) is 43.9 Å². The minimum atomic E-state index is -0.120. The molecule has 30 heavy (non-hydrogen) atoms. The maximum absolute atomic E-state index is 13.4. The molecule has 0 radical (unpaired) electrons. The molecule has 2 amide bonds. The van der Waals surface area contributed by atoms with Crippen LogP contribution in [0.5, 0.6) is 0 Å². The lowest BCUT2D eigenvalue weighted by atomic mass is 9.99. The number of carbonyl (C=O) groups excluding carboxylic acids is 2. The van der Waals surface area contributed by atoms with Crippen LogP contribution in [-0.2, 0) is 9.59 Å². The van der Waals surface area contributed by atoms with Crippen LogP contribution in [0.3, 0.4) is 0 Å². The van der Waals surface area contributed by atoms with E-state index in [-0.39, 0.29) is 11.8 Å². The molecule has 0 N–H and O–H groups in total. The maximum atomic E-state index is 13.4. The first kappa shape index (κ1) is 22.5. The van der Waals surface area contributed by atoms with Crippen molar-refractivity contribution in [2.45, 2.75) is 59.3 Å². The maximum Gasteiger partial charge on any atom is 0.277 e. The number of unbranched alkanes of at least 4 members (excludes halogenated alkanes) is 5. The fourth-order valence-electron chi connectivity index (χ4n) is 4.30. The molecule has 2 aliphatic heterocycles. The van der Waals surface area contributed by atoms with Gasteiger partial charge in [0, 0.05) is 32.7 Å². The van der Waals surface area contributed by atoms with Crippen molar-refractivity contribution in [2.75, 3.05) is 39.8 Å². The molecule has 0 saturated carbocycles. The summed E-state index contributed by atoms with van der Waals surface area (Å²) < 4.78 is 0. The van der Waals surface area contributed by atoms with Crippen molar-refractivity contribution >= 4 is 17.4 Å². The second-order valence-electron chi connectivity index (χ2n) is 8.84. The van der Waals surface area contributed by atoms with Crippen molar-refractivity contribution in [3.05, 3.63) is 40.6 Å². The molecular formula is C25H37N3O2. The molecule has 1 aromatic rings. The lowest BCUT2D eigenvalue weighted by Gasteiger charge is -2.34. The molecule has 1 fully saturated rings. The Morgan fingerprint density at radius 2 is 1.50 bits per heavy atom. The average molecular weight is 412 g/mol. The number of amides is 2. The van der Waals surface area contributed by atoms with Crippen molar-refractivity contribution in [3.63, 3.8) is 0 Å². The van der Waals surface area contributed by atoms with E-state index in [1.54, 1.807) is 0 Å². The van der Waals surface area contributed by atoms with E-state index in [9.17, 15) is 9.59 Å². The van der Waals surface area contributed by atoms with E-state index in [1.165, 1.54) is 36.1 Å². The van der Waals surface area contributed by atoms with Gasteiger partial charge in [-0.25, -0.2) is 0 Å². The Kier molecular flexibility index (Phi) is 7.70. The van der Waals surface area contributed by atoms with Crippen LogP contribution in [-0.4, -0.2) is 66.3 Å². The van der Waals surface area contributed by atoms with Crippen molar-refractivity contribution in [2.24, 2.45) is 0 Å². The number of piperazine rings is 1. The molecule has 0 aromatic heterocycles. The summed E-state index contributed by atoms with van der Waals surface area (Å²) >= 11 is 0. The Balaban J connectivity index is 1.82. The smallest absolute Gasteiger partial charge is 0.277 e. The van der Waals surface area contributed by atoms with Gasteiger partial charge in [-0.05, 0) is 44.0 Å². The molecule has 5 nitrogen and oxygen atoms in total. The summed E-state index contributed by atoms with van der Waals surface area (Å²) in [6, 6.07) is 6.10. The SMILES string of the molecule is CCCCCCCCN1C(=O)C(c2ccc(C)c(C)c2)=C(N2CCN(C)CC2)C1=O. The van der Waals surface area contributed by atoms with E-state index in [0.29, 0.717) is 17.8 Å². The number of imide groups is 1. The summed E-state index contributed by atoms with van der Waals surface area (Å²) in [7, 11) is 2.10. The van der Waals surface area contributed by atoms with Gasteiger partial charge in [0.2, 0.25) is 0 Å². The fraction of sp³-hybridized carbons (Fsp3) is 0.600. The van der Waals surface area contributed by atoms with E-state index in [1.807, 2.05) is 12.1 Å². The summed E-state index contributed by atoms with van der Waals surface area (Å²) in [6.45, 7) is 10.2. The zero-order valence-electron chi connectivity index (χ0n) is 19.2. The molecule has 0 atom stereocenters. The van der Waals surface area contributed by atoms with Gasteiger partial charge in [0.15, 0.2) is 0 Å². The van der Waals surface area contributed by atoms with E-state index in [2.05, 4.69) is 43.7 Å². The van der Waals surface area contributed by atoms with Crippen LogP contribution < -0.4 is 0 Å². The molecule has 0 unspecified atom stereocenters. The van der Waals surface area contributed by atoms with E-state index < -0.39 is 0 Å². The predicted octanol–water partition coefficient (Wildman–Crippen LogP) is 3.99. The van der Waals surface area contributed by atoms with Crippen LogP contribution in [0.1, 0.15) is 62.1 Å². The summed E-state index contributed by atoms with van der Waals surface area (Å²) in [5.41, 5.74) is 4.42. The van der Waals surface area contributed by atoms with Gasteiger partial charge in [0.25, 0.3) is 11.8 Å². The second kappa shape index (κ2) is 10.3. The molecule has 1 saturated heterocycles. The van der Waals surface area contributed by atoms with Crippen LogP contribution in [0.25, 0.3) is 5.57 Å². The first-order valence-electron chi connectivity index (χ1n) is 11.6. The van der Waals surface area contributed by atoms with Gasteiger partial charge >= 0.3 is 0 Å². The number of hydrogen-bond donors (Lipinski definition) is 0. The van der Waals surface area contributed by atoms with Gasteiger partial charge in [0.05, 0.1) is 5.57 Å². The average Bonchev–Trinajstić information content (AvgIpc) is 2.97. The van der Waals surface area contributed by atoms with Gasteiger partial charge < -0.3 is 9.80 Å². The number of aryl methyl sites for hydroxylation is 2. The number of hydrogen-bond acceptors (Lipinski definition) is 4. The highest BCUT2D eigenvalue weighted by molar-refractivity contribution is 6.35. The third-order valence-corrected chi connectivity index (χ3v) is 6.49. The third kappa shape index (κ3) is 4.94. The van der Waals surface area contributed by atoms with Crippen LogP contribution in [0.4, 0.5) is 0 Å².